The minimum atomic E-state index is -0.964. The van der Waals surface area contributed by atoms with Gasteiger partial charge in [-0.05, 0) is 36.4 Å². The summed E-state index contributed by atoms with van der Waals surface area (Å²) in [5, 5.41) is 13.4. The summed E-state index contributed by atoms with van der Waals surface area (Å²) in [5.74, 6) is -1.78. The Labute approximate surface area is 221 Å². The van der Waals surface area contributed by atoms with Crippen molar-refractivity contribution >= 4 is 52.0 Å². The molecular formula is C26H24ClFN4O4S. The van der Waals surface area contributed by atoms with Gasteiger partial charge < -0.3 is 15.3 Å². The molecule has 0 bridgehead atoms. The highest BCUT2D eigenvalue weighted by molar-refractivity contribution is 7.18. The number of piperazine rings is 1. The molecule has 1 unspecified atom stereocenters. The number of carbonyl (C=O) groups excluding carboxylic acids is 3. The van der Waals surface area contributed by atoms with Crippen LogP contribution in [0.1, 0.15) is 30.4 Å². The first kappa shape index (κ1) is 25.3. The molecule has 192 valence electrons. The molecule has 8 nitrogen and oxygen atoms in total. The number of β-amino-alcohol motifs (C(OH)–C–C–N with tert-alkyl or cyclic N) is 1. The molecule has 1 fully saturated rings. The van der Waals surface area contributed by atoms with Gasteiger partial charge in [0, 0.05) is 32.7 Å². The Morgan fingerprint density at radius 1 is 1.00 bits per heavy atom. The summed E-state index contributed by atoms with van der Waals surface area (Å²) in [6.45, 7) is 2.50. The predicted octanol–water partition coefficient (Wildman–Crippen LogP) is 3.57. The van der Waals surface area contributed by atoms with Crippen LogP contribution in [0.15, 0.2) is 54.6 Å². The van der Waals surface area contributed by atoms with Gasteiger partial charge in [0.05, 0.1) is 44.4 Å². The van der Waals surface area contributed by atoms with E-state index in [1.165, 1.54) is 12.1 Å². The second kappa shape index (κ2) is 10.6. The maximum absolute atomic E-state index is 14.1. The second-order valence-corrected chi connectivity index (χ2v) is 10.6. The van der Waals surface area contributed by atoms with Crippen LogP contribution in [0.5, 0.6) is 0 Å². The molecule has 1 atom stereocenters. The van der Waals surface area contributed by atoms with E-state index in [1.54, 1.807) is 42.5 Å². The van der Waals surface area contributed by atoms with Gasteiger partial charge >= 0.3 is 0 Å². The minimum absolute atomic E-state index is 0.106. The van der Waals surface area contributed by atoms with Crippen LogP contribution in [0.2, 0.25) is 4.34 Å². The van der Waals surface area contributed by atoms with Crippen LogP contribution < -0.4 is 10.2 Å². The van der Waals surface area contributed by atoms with E-state index in [0.29, 0.717) is 41.1 Å². The molecule has 3 heterocycles. The van der Waals surface area contributed by atoms with Gasteiger partial charge in [0.2, 0.25) is 0 Å². The van der Waals surface area contributed by atoms with Crippen LogP contribution in [0.4, 0.5) is 15.8 Å². The molecule has 3 amide bonds. The number of amides is 3. The summed E-state index contributed by atoms with van der Waals surface area (Å²) < 4.78 is 14.5. The predicted molar refractivity (Wildman–Crippen MR) is 140 cm³/mol. The van der Waals surface area contributed by atoms with Crippen molar-refractivity contribution in [2.75, 3.05) is 49.5 Å². The fourth-order valence-corrected chi connectivity index (χ4v) is 5.61. The Morgan fingerprint density at radius 3 is 2.46 bits per heavy atom. The highest BCUT2D eigenvalue weighted by atomic mass is 35.5. The Balaban J connectivity index is 1.20. The number of rotatable bonds is 7. The molecular weight excluding hydrogens is 519 g/mol. The molecule has 2 aromatic carbocycles. The number of carbonyl (C=O) groups is 3. The number of hydrogen-bond donors (Lipinski definition) is 2. The van der Waals surface area contributed by atoms with Crippen molar-refractivity contribution in [2.45, 2.75) is 6.10 Å². The third kappa shape index (κ3) is 5.24. The molecule has 0 aliphatic carbocycles. The number of aliphatic hydroxyl groups excluding tert-OH is 1. The number of benzene rings is 2. The van der Waals surface area contributed by atoms with Gasteiger partial charge in [0.25, 0.3) is 17.7 Å². The van der Waals surface area contributed by atoms with E-state index < -0.39 is 23.8 Å². The standard InChI is InChI=1S/C26H24ClFN4O4S/c27-22-9-8-21(37-22)24(34)29-19-6-3-4-17-23(19)26(36)32(25(17)35)15-16(33)14-30-10-12-31(13-11-30)20-7-2-1-5-18(20)28/h1-9,16,33H,10-15H2,(H,29,34). The van der Waals surface area contributed by atoms with E-state index >= 15 is 0 Å². The molecule has 0 saturated carbocycles. The third-order valence-corrected chi connectivity index (χ3v) is 7.70. The van der Waals surface area contributed by atoms with E-state index in [-0.39, 0.29) is 35.7 Å². The number of fused-ring (bicyclic) bond motifs is 1. The van der Waals surface area contributed by atoms with Crippen LogP contribution in [0.3, 0.4) is 0 Å². The summed E-state index contributed by atoms with van der Waals surface area (Å²) in [4.78, 5) is 44.1. The van der Waals surface area contributed by atoms with Crippen molar-refractivity contribution in [3.05, 3.63) is 80.8 Å². The summed E-state index contributed by atoms with van der Waals surface area (Å²) in [6, 6.07) is 14.5. The zero-order chi connectivity index (χ0) is 26.1. The van der Waals surface area contributed by atoms with Crippen LogP contribution in [-0.2, 0) is 0 Å². The highest BCUT2D eigenvalue weighted by Crippen LogP contribution is 2.31. The summed E-state index contributed by atoms with van der Waals surface area (Å²) in [5.41, 5.74) is 1.07. The van der Waals surface area contributed by atoms with Gasteiger partial charge in [-0.1, -0.05) is 29.8 Å². The van der Waals surface area contributed by atoms with Crippen molar-refractivity contribution in [3.8, 4) is 0 Å². The lowest BCUT2D eigenvalue weighted by Gasteiger charge is -2.37. The van der Waals surface area contributed by atoms with Gasteiger partial charge in [-0.25, -0.2) is 4.39 Å². The molecule has 0 radical (unpaired) electrons. The maximum Gasteiger partial charge on any atom is 0.265 e. The van der Waals surface area contributed by atoms with Gasteiger partial charge in [0.1, 0.15) is 5.82 Å². The van der Waals surface area contributed by atoms with Crippen molar-refractivity contribution in [1.82, 2.24) is 9.80 Å². The minimum Gasteiger partial charge on any atom is -0.390 e. The average Bonchev–Trinajstić information content (AvgIpc) is 3.42. The van der Waals surface area contributed by atoms with Crippen LogP contribution in [0.25, 0.3) is 0 Å². The lowest BCUT2D eigenvalue weighted by Crippen LogP contribution is -2.50. The Kier molecular flexibility index (Phi) is 7.25. The van der Waals surface area contributed by atoms with E-state index in [1.807, 2.05) is 9.80 Å². The average molecular weight is 543 g/mol. The number of halogens is 2. The molecule has 2 aliphatic rings. The smallest absolute Gasteiger partial charge is 0.265 e. The summed E-state index contributed by atoms with van der Waals surface area (Å²) in [7, 11) is 0. The van der Waals surface area contributed by atoms with Crippen LogP contribution in [-0.4, -0.2) is 78.0 Å². The number of imide groups is 1. The van der Waals surface area contributed by atoms with E-state index in [4.69, 9.17) is 11.6 Å². The number of para-hydroxylation sites is 1. The fraction of sp³-hybridized carbons (Fsp3) is 0.269. The lowest BCUT2D eigenvalue weighted by molar-refractivity contribution is 0.0469. The molecule has 2 N–H and O–H groups in total. The van der Waals surface area contributed by atoms with Gasteiger partial charge in [-0.2, -0.15) is 0 Å². The van der Waals surface area contributed by atoms with Crippen LogP contribution >= 0.6 is 22.9 Å². The molecule has 1 aromatic heterocycles. The Morgan fingerprint density at radius 2 is 1.76 bits per heavy atom. The van der Waals surface area contributed by atoms with Gasteiger partial charge in [0.15, 0.2) is 0 Å². The second-order valence-electron chi connectivity index (χ2n) is 8.90. The first-order valence-corrected chi connectivity index (χ1v) is 13.0. The van der Waals surface area contributed by atoms with Gasteiger partial charge in [-0.3, -0.25) is 24.2 Å². The molecule has 5 rings (SSSR count). The number of anilines is 2. The molecule has 2 aliphatic heterocycles. The first-order chi connectivity index (χ1) is 17.8. The topological polar surface area (TPSA) is 93.2 Å². The third-order valence-electron chi connectivity index (χ3n) is 6.47. The summed E-state index contributed by atoms with van der Waals surface area (Å²) >= 11 is 7.02. The zero-order valence-electron chi connectivity index (χ0n) is 19.7. The number of hydrogen-bond acceptors (Lipinski definition) is 7. The number of nitrogens with one attached hydrogen (secondary N) is 1. The molecule has 37 heavy (non-hydrogen) atoms. The monoisotopic (exact) mass is 542 g/mol. The quantitative estimate of drug-likeness (QED) is 0.443. The normalized spacial score (nSPS) is 16.7. The zero-order valence-corrected chi connectivity index (χ0v) is 21.3. The van der Waals surface area contributed by atoms with Crippen molar-refractivity contribution in [1.29, 1.82) is 0 Å². The summed E-state index contributed by atoms with van der Waals surface area (Å²) in [6.07, 6.45) is -0.964. The Bertz CT molecular complexity index is 1360. The highest BCUT2D eigenvalue weighted by Gasteiger charge is 2.39. The molecule has 3 aromatic rings. The van der Waals surface area contributed by atoms with Crippen molar-refractivity contribution in [3.63, 3.8) is 0 Å². The number of thiophene rings is 1. The number of aliphatic hydroxyl groups is 1. The Hall–Kier alpha value is -3.31. The first-order valence-electron chi connectivity index (χ1n) is 11.8. The van der Waals surface area contributed by atoms with Crippen molar-refractivity contribution < 1.29 is 23.9 Å². The number of nitrogens with zero attached hydrogens (tertiary/aromatic N) is 3. The molecule has 0 spiro atoms. The lowest BCUT2D eigenvalue weighted by atomic mass is 10.1. The molecule has 1 saturated heterocycles. The molecule has 11 heteroatoms. The SMILES string of the molecule is O=C(Nc1cccc2c1C(=O)N(CC(O)CN1CCN(c3ccccc3F)CC1)C2=O)c1ccc(Cl)s1. The van der Waals surface area contributed by atoms with Crippen LogP contribution in [0, 0.1) is 5.82 Å². The van der Waals surface area contributed by atoms with Crippen molar-refractivity contribution in [2.24, 2.45) is 0 Å². The van der Waals surface area contributed by atoms with E-state index in [0.717, 1.165) is 16.2 Å². The fourth-order valence-electron chi connectivity index (χ4n) is 4.67. The maximum atomic E-state index is 14.1. The van der Waals surface area contributed by atoms with E-state index in [9.17, 15) is 23.9 Å². The van der Waals surface area contributed by atoms with E-state index in [2.05, 4.69) is 5.32 Å². The largest absolute Gasteiger partial charge is 0.390 e. The van der Waals surface area contributed by atoms with Gasteiger partial charge in [-0.15, -0.1) is 11.3 Å².